The summed E-state index contributed by atoms with van der Waals surface area (Å²) in [6.45, 7) is 4.05. The van der Waals surface area contributed by atoms with Gasteiger partial charge in [-0.15, -0.1) is 0 Å². The summed E-state index contributed by atoms with van der Waals surface area (Å²) in [6, 6.07) is 6.12. The van der Waals surface area contributed by atoms with Crippen molar-refractivity contribution in [3.05, 3.63) is 29.3 Å². The Morgan fingerprint density at radius 2 is 2.25 bits per heavy atom. The van der Waals surface area contributed by atoms with Crippen LogP contribution in [0.4, 0.5) is 5.69 Å². The Morgan fingerprint density at radius 3 is 2.94 bits per heavy atom. The van der Waals surface area contributed by atoms with Gasteiger partial charge in [-0.05, 0) is 30.5 Å². The fourth-order valence-electron chi connectivity index (χ4n) is 2.14. The lowest BCUT2D eigenvalue weighted by Crippen LogP contribution is -2.10. The first-order valence-corrected chi connectivity index (χ1v) is 5.83. The van der Waals surface area contributed by atoms with Crippen LogP contribution in [0.3, 0.4) is 0 Å². The quantitative estimate of drug-likeness (QED) is 0.819. The topological polar surface area (TPSA) is 55.1 Å². The van der Waals surface area contributed by atoms with Crippen LogP contribution in [-0.4, -0.2) is 5.91 Å². The summed E-state index contributed by atoms with van der Waals surface area (Å²) in [7, 11) is 0. The lowest BCUT2D eigenvalue weighted by atomic mass is 9.96. The molecular formula is C13H18N2O. The number of hydrogen-bond donors (Lipinski definition) is 2. The molecular weight excluding hydrogens is 200 g/mol. The molecule has 0 aliphatic carbocycles. The Kier molecular flexibility index (Phi) is 2.97. The number of anilines is 1. The molecule has 2 unspecified atom stereocenters. The van der Waals surface area contributed by atoms with Crippen molar-refractivity contribution < 1.29 is 4.79 Å². The van der Waals surface area contributed by atoms with Crippen LogP contribution in [0.2, 0.25) is 0 Å². The molecule has 1 aromatic rings. The standard InChI is InChI=1S/C13H18N2O/c1-3-4-11(14)9-5-6-12-10(7-9)8(2)13(16)15-12/h5-8,11H,3-4,14H2,1-2H3,(H,15,16). The molecule has 3 nitrogen and oxygen atoms in total. The number of carbonyl (C=O) groups excluding carboxylic acids is 1. The van der Waals surface area contributed by atoms with E-state index in [2.05, 4.69) is 18.3 Å². The first-order chi connectivity index (χ1) is 7.63. The Labute approximate surface area is 96.0 Å². The predicted molar refractivity (Wildman–Crippen MR) is 65.3 cm³/mol. The maximum absolute atomic E-state index is 11.5. The zero-order valence-electron chi connectivity index (χ0n) is 9.79. The molecule has 86 valence electrons. The van der Waals surface area contributed by atoms with E-state index in [0.29, 0.717) is 0 Å². The molecule has 3 N–H and O–H groups in total. The molecule has 2 atom stereocenters. The lowest BCUT2D eigenvalue weighted by molar-refractivity contribution is -0.116. The predicted octanol–water partition coefficient (Wildman–Crippen LogP) is 2.54. The number of carbonyl (C=O) groups is 1. The van der Waals surface area contributed by atoms with E-state index >= 15 is 0 Å². The third-order valence-electron chi connectivity index (χ3n) is 3.22. The Hall–Kier alpha value is -1.35. The zero-order valence-corrected chi connectivity index (χ0v) is 9.79. The van der Waals surface area contributed by atoms with Crippen LogP contribution in [-0.2, 0) is 4.79 Å². The van der Waals surface area contributed by atoms with Crippen molar-refractivity contribution in [1.29, 1.82) is 0 Å². The minimum atomic E-state index is -0.0521. The summed E-state index contributed by atoms with van der Waals surface area (Å²) in [5, 5.41) is 2.87. The Morgan fingerprint density at radius 1 is 1.50 bits per heavy atom. The van der Waals surface area contributed by atoms with Crippen LogP contribution in [0.5, 0.6) is 0 Å². The minimum absolute atomic E-state index is 0.0521. The highest BCUT2D eigenvalue weighted by molar-refractivity contribution is 6.02. The SMILES string of the molecule is CCCC(N)c1ccc2c(c1)C(C)C(=O)N2. The molecule has 0 saturated heterocycles. The van der Waals surface area contributed by atoms with Crippen LogP contribution in [0.15, 0.2) is 18.2 Å². The second-order valence-corrected chi connectivity index (χ2v) is 4.45. The maximum atomic E-state index is 11.5. The number of benzene rings is 1. The number of amides is 1. The molecule has 2 rings (SSSR count). The van der Waals surface area contributed by atoms with Gasteiger partial charge in [0.2, 0.25) is 5.91 Å². The van der Waals surface area contributed by atoms with Crippen molar-refractivity contribution in [2.24, 2.45) is 5.73 Å². The molecule has 1 heterocycles. The molecule has 1 aliphatic rings. The summed E-state index contributed by atoms with van der Waals surface area (Å²) in [6.07, 6.45) is 2.06. The van der Waals surface area contributed by atoms with Crippen molar-refractivity contribution in [3.63, 3.8) is 0 Å². The average Bonchev–Trinajstić information content (AvgIpc) is 2.55. The van der Waals surface area contributed by atoms with Crippen molar-refractivity contribution in [2.45, 2.75) is 38.6 Å². The molecule has 3 heteroatoms. The van der Waals surface area contributed by atoms with Crippen molar-refractivity contribution in [3.8, 4) is 0 Å². The summed E-state index contributed by atoms with van der Waals surface area (Å²) < 4.78 is 0. The molecule has 16 heavy (non-hydrogen) atoms. The molecule has 0 aromatic heterocycles. The number of rotatable bonds is 3. The van der Waals surface area contributed by atoms with Gasteiger partial charge in [0.25, 0.3) is 0 Å². The van der Waals surface area contributed by atoms with Crippen LogP contribution in [0.25, 0.3) is 0 Å². The Balaban J connectivity index is 2.30. The van der Waals surface area contributed by atoms with E-state index < -0.39 is 0 Å². The van der Waals surface area contributed by atoms with Gasteiger partial charge in [-0.25, -0.2) is 0 Å². The van der Waals surface area contributed by atoms with Crippen LogP contribution < -0.4 is 11.1 Å². The number of hydrogen-bond acceptors (Lipinski definition) is 2. The Bertz CT molecular complexity index is 414. The molecule has 1 aliphatic heterocycles. The van der Waals surface area contributed by atoms with Gasteiger partial charge in [-0.1, -0.05) is 25.5 Å². The second-order valence-electron chi connectivity index (χ2n) is 4.45. The normalized spacial score (nSPS) is 20.4. The monoisotopic (exact) mass is 218 g/mol. The number of fused-ring (bicyclic) bond motifs is 1. The first kappa shape index (κ1) is 11.1. The van der Waals surface area contributed by atoms with Crippen LogP contribution >= 0.6 is 0 Å². The molecule has 0 saturated carbocycles. The number of nitrogens with two attached hydrogens (primary N) is 1. The summed E-state index contributed by atoms with van der Waals surface area (Å²) in [4.78, 5) is 11.5. The molecule has 0 radical (unpaired) electrons. The van der Waals surface area contributed by atoms with Gasteiger partial charge in [0, 0.05) is 11.7 Å². The van der Waals surface area contributed by atoms with Gasteiger partial charge in [-0.2, -0.15) is 0 Å². The van der Waals surface area contributed by atoms with Gasteiger partial charge in [0.1, 0.15) is 0 Å². The highest BCUT2D eigenvalue weighted by atomic mass is 16.2. The third-order valence-corrected chi connectivity index (χ3v) is 3.22. The summed E-state index contributed by atoms with van der Waals surface area (Å²) in [5.41, 5.74) is 9.22. The third kappa shape index (κ3) is 1.83. The fraction of sp³-hybridized carbons (Fsp3) is 0.462. The molecule has 1 amide bonds. The van der Waals surface area contributed by atoms with E-state index in [9.17, 15) is 4.79 Å². The van der Waals surface area contributed by atoms with Crippen molar-refractivity contribution in [1.82, 2.24) is 0 Å². The van der Waals surface area contributed by atoms with E-state index in [0.717, 1.165) is 29.7 Å². The van der Waals surface area contributed by atoms with E-state index in [1.165, 1.54) is 0 Å². The van der Waals surface area contributed by atoms with Crippen LogP contribution in [0, 0.1) is 0 Å². The van der Waals surface area contributed by atoms with E-state index in [4.69, 9.17) is 5.73 Å². The van der Waals surface area contributed by atoms with E-state index in [1.54, 1.807) is 0 Å². The van der Waals surface area contributed by atoms with Gasteiger partial charge in [0.05, 0.1) is 5.92 Å². The van der Waals surface area contributed by atoms with E-state index in [1.807, 2.05) is 19.1 Å². The highest BCUT2D eigenvalue weighted by Gasteiger charge is 2.26. The van der Waals surface area contributed by atoms with Gasteiger partial charge in [-0.3, -0.25) is 4.79 Å². The smallest absolute Gasteiger partial charge is 0.231 e. The minimum Gasteiger partial charge on any atom is -0.325 e. The second kappa shape index (κ2) is 4.26. The van der Waals surface area contributed by atoms with Gasteiger partial charge >= 0.3 is 0 Å². The summed E-state index contributed by atoms with van der Waals surface area (Å²) >= 11 is 0. The molecule has 1 aromatic carbocycles. The van der Waals surface area contributed by atoms with Crippen molar-refractivity contribution >= 4 is 11.6 Å². The highest BCUT2D eigenvalue weighted by Crippen LogP contribution is 2.34. The molecule has 0 spiro atoms. The summed E-state index contributed by atoms with van der Waals surface area (Å²) in [5.74, 6) is 0.0278. The van der Waals surface area contributed by atoms with E-state index in [-0.39, 0.29) is 17.9 Å². The molecule has 0 fully saturated rings. The van der Waals surface area contributed by atoms with Crippen LogP contribution in [0.1, 0.15) is 49.8 Å². The first-order valence-electron chi connectivity index (χ1n) is 5.83. The van der Waals surface area contributed by atoms with Crippen molar-refractivity contribution in [2.75, 3.05) is 5.32 Å². The largest absolute Gasteiger partial charge is 0.325 e. The van der Waals surface area contributed by atoms with Gasteiger partial charge < -0.3 is 11.1 Å². The fourth-order valence-corrected chi connectivity index (χ4v) is 2.14. The van der Waals surface area contributed by atoms with Gasteiger partial charge in [0.15, 0.2) is 0 Å². The zero-order chi connectivity index (χ0) is 11.7. The average molecular weight is 218 g/mol. The maximum Gasteiger partial charge on any atom is 0.231 e. The lowest BCUT2D eigenvalue weighted by Gasteiger charge is -2.12. The number of nitrogens with one attached hydrogen (secondary N) is 1. The molecule has 0 bridgehead atoms.